The normalized spacial score (nSPS) is 10.3. The third-order valence-electron chi connectivity index (χ3n) is 2.87. The molecule has 0 atom stereocenters. The number of halogens is 4. The molecule has 23 heavy (non-hydrogen) atoms. The van der Waals surface area contributed by atoms with Crippen LogP contribution in [-0.4, -0.2) is 15.7 Å². The van der Waals surface area contributed by atoms with Crippen molar-refractivity contribution in [2.24, 2.45) is 0 Å². The minimum atomic E-state index is -1.74. The Morgan fingerprint density at radius 2 is 1.87 bits per heavy atom. The molecule has 0 unspecified atom stereocenters. The molecule has 0 fully saturated rings. The van der Waals surface area contributed by atoms with Crippen molar-refractivity contribution in [3.05, 3.63) is 47.2 Å². The standard InChI is InChI=1S/C14H8F4N4O/c1-3-8-9(15)11(17)13(12(18)10(8)16)22-14(21-6(2)23)7(4-19)5-20-22/h3,5H,1H2,2H3,(H,21,23). The molecular weight excluding hydrogens is 316 g/mol. The second kappa shape index (κ2) is 5.92. The molecule has 1 heterocycles. The van der Waals surface area contributed by atoms with E-state index >= 15 is 0 Å². The maximum atomic E-state index is 14.1. The molecular formula is C14H8F4N4O. The summed E-state index contributed by atoms with van der Waals surface area (Å²) in [6, 6.07) is 1.64. The van der Waals surface area contributed by atoms with Gasteiger partial charge in [0.25, 0.3) is 0 Å². The molecule has 0 saturated carbocycles. The maximum Gasteiger partial charge on any atom is 0.222 e. The summed E-state index contributed by atoms with van der Waals surface area (Å²) in [5.74, 6) is -7.90. The van der Waals surface area contributed by atoms with Crippen LogP contribution >= 0.6 is 0 Å². The first-order valence-corrected chi connectivity index (χ1v) is 6.07. The van der Waals surface area contributed by atoms with Gasteiger partial charge in [-0.15, -0.1) is 0 Å². The van der Waals surface area contributed by atoms with Crippen molar-refractivity contribution in [1.82, 2.24) is 9.78 Å². The van der Waals surface area contributed by atoms with E-state index < -0.39 is 46.2 Å². The molecule has 118 valence electrons. The maximum absolute atomic E-state index is 14.1. The lowest BCUT2D eigenvalue weighted by molar-refractivity contribution is -0.114. The molecule has 2 rings (SSSR count). The van der Waals surface area contributed by atoms with Gasteiger partial charge in [-0.05, 0) is 0 Å². The number of carbonyl (C=O) groups excluding carboxylic acids is 1. The van der Waals surface area contributed by atoms with Gasteiger partial charge in [0.05, 0.1) is 11.8 Å². The number of nitriles is 1. The summed E-state index contributed by atoms with van der Waals surface area (Å²) < 4.78 is 56.3. The fourth-order valence-corrected chi connectivity index (χ4v) is 1.89. The van der Waals surface area contributed by atoms with E-state index in [1.807, 2.05) is 0 Å². The van der Waals surface area contributed by atoms with Gasteiger partial charge >= 0.3 is 0 Å². The molecule has 0 aliphatic rings. The number of nitrogens with one attached hydrogen (secondary N) is 1. The zero-order chi connectivity index (χ0) is 17.3. The predicted molar refractivity (Wildman–Crippen MR) is 72.5 cm³/mol. The first-order chi connectivity index (χ1) is 10.8. The number of nitrogens with zero attached hydrogens (tertiary/aromatic N) is 3. The van der Waals surface area contributed by atoms with Crippen molar-refractivity contribution in [3.8, 4) is 11.8 Å². The molecule has 1 N–H and O–H groups in total. The second-order valence-corrected chi connectivity index (χ2v) is 4.33. The summed E-state index contributed by atoms with van der Waals surface area (Å²) in [6.07, 6.45) is 1.51. The smallest absolute Gasteiger partial charge is 0.222 e. The van der Waals surface area contributed by atoms with Crippen molar-refractivity contribution in [1.29, 1.82) is 5.26 Å². The predicted octanol–water partition coefficient (Wildman–Crippen LogP) is 2.90. The Labute approximate surface area is 127 Å². The summed E-state index contributed by atoms with van der Waals surface area (Å²) in [7, 11) is 0. The summed E-state index contributed by atoms with van der Waals surface area (Å²) in [5.41, 5.74) is -2.42. The molecule has 1 amide bonds. The molecule has 0 spiro atoms. The number of anilines is 1. The quantitative estimate of drug-likeness (QED) is 0.697. The fraction of sp³-hybridized carbons (Fsp3) is 0.0714. The molecule has 2 aromatic rings. The fourth-order valence-electron chi connectivity index (χ4n) is 1.89. The average molecular weight is 324 g/mol. The van der Waals surface area contributed by atoms with Gasteiger partial charge in [0.2, 0.25) is 5.91 Å². The molecule has 0 bridgehead atoms. The van der Waals surface area contributed by atoms with Crippen LogP contribution < -0.4 is 5.32 Å². The van der Waals surface area contributed by atoms with Gasteiger partial charge in [-0.2, -0.15) is 10.4 Å². The first-order valence-electron chi connectivity index (χ1n) is 6.07. The number of carbonyl (C=O) groups is 1. The number of aromatic nitrogens is 2. The lowest BCUT2D eigenvalue weighted by Crippen LogP contribution is -2.16. The van der Waals surface area contributed by atoms with E-state index in [2.05, 4.69) is 17.0 Å². The summed E-state index contributed by atoms with van der Waals surface area (Å²) >= 11 is 0. The second-order valence-electron chi connectivity index (χ2n) is 4.33. The summed E-state index contributed by atoms with van der Waals surface area (Å²) in [6.45, 7) is 4.15. The molecule has 1 aromatic heterocycles. The van der Waals surface area contributed by atoms with E-state index in [9.17, 15) is 22.4 Å². The Morgan fingerprint density at radius 1 is 1.30 bits per heavy atom. The highest BCUT2D eigenvalue weighted by Crippen LogP contribution is 2.30. The molecule has 9 heteroatoms. The third-order valence-corrected chi connectivity index (χ3v) is 2.87. The van der Waals surface area contributed by atoms with Crippen LogP contribution in [0.15, 0.2) is 12.8 Å². The number of amides is 1. The van der Waals surface area contributed by atoms with Gasteiger partial charge in [0.1, 0.15) is 17.3 Å². The minimum absolute atomic E-state index is 0.243. The van der Waals surface area contributed by atoms with Gasteiger partial charge in [-0.1, -0.05) is 12.7 Å². The molecule has 1 aromatic carbocycles. The van der Waals surface area contributed by atoms with E-state index in [0.29, 0.717) is 10.8 Å². The van der Waals surface area contributed by atoms with Gasteiger partial charge < -0.3 is 5.32 Å². The van der Waals surface area contributed by atoms with Crippen LogP contribution in [0.2, 0.25) is 0 Å². The van der Waals surface area contributed by atoms with Crippen LogP contribution in [0, 0.1) is 34.6 Å². The van der Waals surface area contributed by atoms with Crippen LogP contribution in [0.3, 0.4) is 0 Å². The lowest BCUT2D eigenvalue weighted by Gasteiger charge is -2.12. The minimum Gasteiger partial charge on any atom is -0.310 e. The van der Waals surface area contributed by atoms with Crippen molar-refractivity contribution >= 4 is 17.8 Å². The third kappa shape index (κ3) is 2.55. The Bertz CT molecular complexity index is 838. The highest BCUT2D eigenvalue weighted by Gasteiger charge is 2.28. The largest absolute Gasteiger partial charge is 0.310 e. The van der Waals surface area contributed by atoms with Crippen molar-refractivity contribution in [3.63, 3.8) is 0 Å². The molecule has 0 aliphatic carbocycles. The Morgan fingerprint density at radius 3 is 2.30 bits per heavy atom. The number of hydrogen-bond donors (Lipinski definition) is 1. The molecule has 0 saturated heterocycles. The van der Waals surface area contributed by atoms with E-state index in [-0.39, 0.29) is 5.56 Å². The van der Waals surface area contributed by atoms with Crippen molar-refractivity contribution < 1.29 is 22.4 Å². The van der Waals surface area contributed by atoms with Crippen LogP contribution in [0.5, 0.6) is 0 Å². The zero-order valence-electron chi connectivity index (χ0n) is 11.6. The van der Waals surface area contributed by atoms with E-state index in [1.165, 1.54) is 0 Å². The van der Waals surface area contributed by atoms with Crippen LogP contribution in [0.25, 0.3) is 11.8 Å². The summed E-state index contributed by atoms with van der Waals surface area (Å²) in [5, 5.41) is 14.6. The number of hydrogen-bond acceptors (Lipinski definition) is 3. The number of benzene rings is 1. The van der Waals surface area contributed by atoms with E-state index in [4.69, 9.17) is 5.26 Å². The van der Waals surface area contributed by atoms with Crippen LogP contribution in [0.4, 0.5) is 23.4 Å². The Balaban J connectivity index is 2.84. The van der Waals surface area contributed by atoms with Gasteiger partial charge in [0.15, 0.2) is 29.1 Å². The van der Waals surface area contributed by atoms with Crippen molar-refractivity contribution in [2.75, 3.05) is 5.32 Å². The first kappa shape index (κ1) is 16.2. The monoisotopic (exact) mass is 324 g/mol. The number of rotatable bonds is 3. The van der Waals surface area contributed by atoms with Gasteiger partial charge in [-0.25, -0.2) is 22.2 Å². The highest BCUT2D eigenvalue weighted by atomic mass is 19.2. The van der Waals surface area contributed by atoms with Crippen LogP contribution in [-0.2, 0) is 4.79 Å². The van der Waals surface area contributed by atoms with Crippen LogP contribution in [0.1, 0.15) is 18.1 Å². The van der Waals surface area contributed by atoms with Crippen molar-refractivity contribution in [2.45, 2.75) is 6.92 Å². The van der Waals surface area contributed by atoms with Gasteiger partial charge in [-0.3, -0.25) is 4.79 Å². The zero-order valence-corrected chi connectivity index (χ0v) is 11.6. The van der Waals surface area contributed by atoms with Gasteiger partial charge in [0, 0.05) is 6.92 Å². The molecule has 0 radical (unpaired) electrons. The molecule has 0 aliphatic heterocycles. The highest BCUT2D eigenvalue weighted by molar-refractivity contribution is 5.89. The SMILES string of the molecule is C=Cc1c(F)c(F)c(-n2ncc(C#N)c2NC(C)=O)c(F)c1F. The van der Waals surface area contributed by atoms with E-state index in [0.717, 1.165) is 13.1 Å². The average Bonchev–Trinajstić information content (AvgIpc) is 2.88. The Kier molecular flexibility index (Phi) is 4.18. The summed E-state index contributed by atoms with van der Waals surface area (Å²) in [4.78, 5) is 11.2. The topological polar surface area (TPSA) is 70.7 Å². The van der Waals surface area contributed by atoms with E-state index in [1.54, 1.807) is 6.07 Å². The lowest BCUT2D eigenvalue weighted by atomic mass is 10.1. The Hall–Kier alpha value is -3.15. The molecule has 5 nitrogen and oxygen atoms in total.